The predicted octanol–water partition coefficient (Wildman–Crippen LogP) is 3.68. The van der Waals surface area contributed by atoms with Gasteiger partial charge in [0.2, 0.25) is 11.8 Å². The van der Waals surface area contributed by atoms with Crippen LogP contribution in [0.2, 0.25) is 0 Å². The minimum atomic E-state index is -0.878. The first kappa shape index (κ1) is 29.0. The molecule has 6 atom stereocenters. The molecule has 41 heavy (non-hydrogen) atoms. The van der Waals surface area contributed by atoms with Gasteiger partial charge in [-0.25, -0.2) is 0 Å². The zero-order valence-corrected chi connectivity index (χ0v) is 24.3. The molecule has 3 aliphatic heterocycles. The first-order valence-electron chi connectivity index (χ1n) is 13.9. The van der Waals surface area contributed by atoms with Gasteiger partial charge in [-0.15, -0.1) is 24.9 Å². The van der Waals surface area contributed by atoms with E-state index < -0.39 is 28.7 Å². The van der Waals surface area contributed by atoms with E-state index in [1.807, 2.05) is 42.5 Å². The Hall–Kier alpha value is -3.56. The van der Waals surface area contributed by atoms with Crippen molar-refractivity contribution < 1.29 is 24.2 Å². The summed E-state index contributed by atoms with van der Waals surface area (Å²) < 4.78 is 4.52. The highest BCUT2D eigenvalue weighted by Crippen LogP contribution is 2.67. The van der Waals surface area contributed by atoms with Gasteiger partial charge in [0.15, 0.2) is 0 Å². The van der Waals surface area contributed by atoms with E-state index in [0.717, 1.165) is 12.0 Å². The van der Waals surface area contributed by atoms with E-state index in [1.165, 1.54) is 0 Å². The normalized spacial score (nSPS) is 26.8. The van der Waals surface area contributed by atoms with E-state index >= 15 is 0 Å². The molecule has 3 saturated heterocycles. The van der Waals surface area contributed by atoms with Crippen LogP contribution in [0.5, 0.6) is 5.75 Å². The highest BCUT2D eigenvalue weighted by atomic mass is 32.2. The topological polar surface area (TPSA) is 90.4 Å². The molecular weight excluding hydrogens is 538 g/mol. The molecule has 0 saturated carbocycles. The lowest BCUT2D eigenvalue weighted by molar-refractivity contribution is -0.145. The van der Waals surface area contributed by atoms with Crippen molar-refractivity contribution in [2.75, 3.05) is 38.8 Å². The maximum absolute atomic E-state index is 14.8. The van der Waals surface area contributed by atoms with Crippen LogP contribution < -0.4 is 9.64 Å². The zero-order chi connectivity index (χ0) is 29.3. The van der Waals surface area contributed by atoms with E-state index in [0.29, 0.717) is 24.4 Å². The number of benzene rings is 2. The lowest BCUT2D eigenvalue weighted by atomic mass is 9.70. The van der Waals surface area contributed by atoms with Gasteiger partial charge in [-0.2, -0.15) is 0 Å². The molecule has 2 aromatic rings. The maximum atomic E-state index is 14.8. The fourth-order valence-corrected chi connectivity index (χ4v) is 9.11. The maximum Gasteiger partial charge on any atom is 0.251 e. The standard InChI is InChI=1S/C32H37N3O5S/c1-5-18-33(3)29(37)26-25-16-17-32(41-25)27(26)30(38)35(24(20-36)21-10-8-7-9-11-21)28(32)31(39)34(19-6-2)22-12-14-23(40-4)15-13-22/h5-15,24-28,36H,1-2,16-20H2,3-4H3/t24-,25+,26-,27+,28?,32?/m1/s1. The summed E-state index contributed by atoms with van der Waals surface area (Å²) in [7, 11) is 3.31. The van der Waals surface area contributed by atoms with Crippen LogP contribution in [-0.4, -0.2) is 82.5 Å². The SMILES string of the molecule is C=CCN(C)C(=O)[C@@H]1[C@@H]2CCC3(S2)C(C(=O)N(CC=C)c2ccc(OC)cc2)N([C@H](CO)c2ccccc2)C(=O)[C@H]13. The smallest absolute Gasteiger partial charge is 0.251 e. The molecule has 3 amide bonds. The van der Waals surface area contributed by atoms with E-state index in [9.17, 15) is 19.5 Å². The highest BCUT2D eigenvalue weighted by Gasteiger charge is 2.74. The van der Waals surface area contributed by atoms with Crippen molar-refractivity contribution in [1.82, 2.24) is 9.80 Å². The zero-order valence-electron chi connectivity index (χ0n) is 23.5. The molecular formula is C32H37N3O5S. The summed E-state index contributed by atoms with van der Waals surface area (Å²) in [6.07, 6.45) is 4.71. The molecule has 2 aromatic carbocycles. The van der Waals surface area contributed by atoms with E-state index in [-0.39, 0.29) is 36.1 Å². The Morgan fingerprint density at radius 1 is 1.12 bits per heavy atom. The van der Waals surface area contributed by atoms with Gasteiger partial charge >= 0.3 is 0 Å². The largest absolute Gasteiger partial charge is 0.497 e. The van der Waals surface area contributed by atoms with Crippen LogP contribution in [0, 0.1) is 11.8 Å². The van der Waals surface area contributed by atoms with Gasteiger partial charge in [-0.1, -0.05) is 42.5 Å². The number of carbonyl (C=O) groups is 3. The number of likely N-dealkylation sites (tertiary alicyclic amines) is 1. The van der Waals surface area contributed by atoms with Gasteiger partial charge in [0.25, 0.3) is 5.91 Å². The Bertz CT molecular complexity index is 1320. The fraction of sp³-hybridized carbons (Fsp3) is 0.406. The molecule has 3 heterocycles. The number of likely N-dealkylation sites (N-methyl/N-ethyl adjacent to an activating group) is 1. The number of rotatable bonds is 11. The number of amides is 3. The van der Waals surface area contributed by atoms with Crippen LogP contribution in [0.25, 0.3) is 0 Å². The Kier molecular flexibility index (Phi) is 8.29. The van der Waals surface area contributed by atoms with Crippen molar-refractivity contribution >= 4 is 35.2 Å². The molecule has 216 valence electrons. The van der Waals surface area contributed by atoms with Gasteiger partial charge in [0.1, 0.15) is 11.8 Å². The molecule has 8 nitrogen and oxygen atoms in total. The number of anilines is 1. The quantitative estimate of drug-likeness (QED) is 0.411. The van der Waals surface area contributed by atoms with E-state index in [4.69, 9.17) is 4.74 Å². The van der Waals surface area contributed by atoms with Crippen LogP contribution in [0.4, 0.5) is 5.69 Å². The predicted molar refractivity (Wildman–Crippen MR) is 161 cm³/mol. The van der Waals surface area contributed by atoms with Crippen LogP contribution >= 0.6 is 11.8 Å². The summed E-state index contributed by atoms with van der Waals surface area (Å²) in [5, 5.41) is 10.6. The lowest BCUT2D eigenvalue weighted by Crippen LogP contribution is -2.56. The summed E-state index contributed by atoms with van der Waals surface area (Å²) >= 11 is 1.61. The molecule has 5 rings (SSSR count). The number of methoxy groups -OCH3 is 1. The monoisotopic (exact) mass is 575 g/mol. The summed E-state index contributed by atoms with van der Waals surface area (Å²) in [5.74, 6) is -1.15. The average Bonchev–Trinajstić information content (AvgIpc) is 3.64. The van der Waals surface area contributed by atoms with Gasteiger partial charge in [0, 0.05) is 31.1 Å². The summed E-state index contributed by atoms with van der Waals surface area (Å²) in [4.78, 5) is 47.9. The van der Waals surface area contributed by atoms with Crippen LogP contribution in [-0.2, 0) is 14.4 Å². The molecule has 3 aliphatic rings. The molecule has 3 fully saturated rings. The van der Waals surface area contributed by atoms with Crippen molar-refractivity contribution in [3.63, 3.8) is 0 Å². The number of aliphatic hydroxyl groups is 1. The molecule has 0 radical (unpaired) electrons. The number of ether oxygens (including phenoxy) is 1. The van der Waals surface area contributed by atoms with E-state index in [2.05, 4.69) is 13.2 Å². The van der Waals surface area contributed by atoms with Crippen molar-refractivity contribution in [3.05, 3.63) is 85.5 Å². The molecule has 1 N–H and O–H groups in total. The summed E-state index contributed by atoms with van der Waals surface area (Å²) in [5.41, 5.74) is 1.39. The highest BCUT2D eigenvalue weighted by molar-refractivity contribution is 8.02. The number of nitrogens with zero attached hydrogens (tertiary/aromatic N) is 3. The average molecular weight is 576 g/mol. The number of carbonyl (C=O) groups excluding carboxylic acids is 3. The van der Waals surface area contributed by atoms with Crippen molar-refractivity contribution in [2.24, 2.45) is 11.8 Å². The van der Waals surface area contributed by atoms with Gasteiger partial charge in [-0.05, 0) is 42.7 Å². The number of thioether (sulfide) groups is 1. The molecule has 0 aromatic heterocycles. The molecule has 2 unspecified atom stereocenters. The van der Waals surface area contributed by atoms with Crippen LogP contribution in [0.1, 0.15) is 24.4 Å². The van der Waals surface area contributed by atoms with Crippen LogP contribution in [0.15, 0.2) is 79.9 Å². The second-order valence-corrected chi connectivity index (χ2v) is 12.5. The lowest BCUT2D eigenvalue weighted by Gasteiger charge is -2.39. The van der Waals surface area contributed by atoms with Crippen molar-refractivity contribution in [3.8, 4) is 5.75 Å². The second kappa shape index (κ2) is 11.7. The third-order valence-electron chi connectivity index (χ3n) is 8.69. The first-order valence-corrected chi connectivity index (χ1v) is 14.8. The molecule has 9 heteroatoms. The van der Waals surface area contributed by atoms with Crippen molar-refractivity contribution in [2.45, 2.75) is 34.9 Å². The fourth-order valence-electron chi connectivity index (χ4n) is 6.92. The van der Waals surface area contributed by atoms with Crippen molar-refractivity contribution in [1.29, 1.82) is 0 Å². The third-order valence-corrected chi connectivity index (χ3v) is 10.6. The Balaban J connectivity index is 1.63. The van der Waals surface area contributed by atoms with Gasteiger partial charge in [-0.3, -0.25) is 14.4 Å². The summed E-state index contributed by atoms with van der Waals surface area (Å²) in [6, 6.07) is 14.9. The van der Waals surface area contributed by atoms with Gasteiger partial charge in [0.05, 0.1) is 36.3 Å². The molecule has 2 bridgehead atoms. The Morgan fingerprint density at radius 2 is 1.80 bits per heavy atom. The van der Waals surface area contributed by atoms with E-state index in [1.54, 1.807) is 64.9 Å². The Labute approximate surface area is 245 Å². The minimum absolute atomic E-state index is 0.0562. The molecule has 0 aliphatic carbocycles. The summed E-state index contributed by atoms with van der Waals surface area (Å²) in [6.45, 7) is 7.90. The third kappa shape index (κ3) is 4.75. The van der Waals surface area contributed by atoms with Crippen LogP contribution in [0.3, 0.4) is 0 Å². The number of hydrogen-bond acceptors (Lipinski definition) is 6. The number of aliphatic hydroxyl groups excluding tert-OH is 1. The number of hydrogen-bond donors (Lipinski definition) is 1. The molecule has 1 spiro atoms. The van der Waals surface area contributed by atoms with Gasteiger partial charge < -0.3 is 24.5 Å². The number of fused-ring (bicyclic) bond motifs is 1. The minimum Gasteiger partial charge on any atom is -0.497 e. The second-order valence-electron chi connectivity index (χ2n) is 10.9. The first-order chi connectivity index (χ1) is 19.8. The Morgan fingerprint density at radius 3 is 2.41 bits per heavy atom.